The third-order valence-electron chi connectivity index (χ3n) is 1.46. The standard InChI is InChI=1S/C8H9NO3/c1-5(10)7-6(12-2)3-4-9-8(7)11/h3-4H,1-2H3,(H,9,11). The lowest BCUT2D eigenvalue weighted by atomic mass is 10.2. The van der Waals surface area contributed by atoms with Crippen molar-refractivity contribution in [1.82, 2.24) is 4.98 Å². The lowest BCUT2D eigenvalue weighted by molar-refractivity contribution is 0.101. The van der Waals surface area contributed by atoms with E-state index in [2.05, 4.69) is 4.98 Å². The number of rotatable bonds is 2. The molecule has 0 aliphatic carbocycles. The molecule has 0 saturated carbocycles. The first-order valence-corrected chi connectivity index (χ1v) is 3.39. The van der Waals surface area contributed by atoms with Crippen LogP contribution < -0.4 is 4.74 Å². The summed E-state index contributed by atoms with van der Waals surface area (Å²) in [6, 6.07) is 1.52. The van der Waals surface area contributed by atoms with E-state index in [1.54, 1.807) is 0 Å². The van der Waals surface area contributed by atoms with Crippen LogP contribution in [0.2, 0.25) is 0 Å². The number of aromatic nitrogens is 1. The molecule has 0 saturated heterocycles. The minimum absolute atomic E-state index is 0.125. The number of ketones is 1. The lowest BCUT2D eigenvalue weighted by Gasteiger charge is -2.05. The van der Waals surface area contributed by atoms with Crippen LogP contribution in [0.3, 0.4) is 0 Å². The molecule has 1 aromatic heterocycles. The van der Waals surface area contributed by atoms with Gasteiger partial charge in [-0.3, -0.25) is 4.79 Å². The molecule has 4 nitrogen and oxygen atoms in total. The lowest BCUT2D eigenvalue weighted by Crippen LogP contribution is -1.98. The van der Waals surface area contributed by atoms with E-state index in [-0.39, 0.29) is 17.2 Å². The summed E-state index contributed by atoms with van der Waals surface area (Å²) in [5.74, 6) is -0.214. The number of aromatic hydroxyl groups is 1. The molecule has 1 N–H and O–H groups in total. The van der Waals surface area contributed by atoms with Gasteiger partial charge >= 0.3 is 0 Å². The molecule has 0 unspecified atom stereocenters. The van der Waals surface area contributed by atoms with E-state index < -0.39 is 0 Å². The Morgan fingerprint density at radius 3 is 2.75 bits per heavy atom. The summed E-state index contributed by atoms with van der Waals surface area (Å²) in [5.41, 5.74) is 0.125. The third kappa shape index (κ3) is 1.37. The second-order valence-corrected chi connectivity index (χ2v) is 2.27. The number of hydrogen-bond acceptors (Lipinski definition) is 4. The predicted octanol–water partition coefficient (Wildman–Crippen LogP) is 0.998. The number of carbonyl (C=O) groups excluding carboxylic acids is 1. The van der Waals surface area contributed by atoms with E-state index in [9.17, 15) is 9.90 Å². The van der Waals surface area contributed by atoms with Crippen molar-refractivity contribution in [2.75, 3.05) is 7.11 Å². The van der Waals surface area contributed by atoms with Gasteiger partial charge in [0.15, 0.2) is 5.78 Å². The normalized spacial score (nSPS) is 9.50. The molecule has 0 spiro atoms. The van der Waals surface area contributed by atoms with E-state index in [0.717, 1.165) is 0 Å². The Morgan fingerprint density at radius 2 is 2.33 bits per heavy atom. The van der Waals surface area contributed by atoms with Gasteiger partial charge in [-0.15, -0.1) is 0 Å². The van der Waals surface area contributed by atoms with Crippen LogP contribution in [-0.2, 0) is 0 Å². The molecule has 0 aliphatic heterocycles. The smallest absolute Gasteiger partial charge is 0.225 e. The van der Waals surface area contributed by atoms with Gasteiger partial charge in [-0.2, -0.15) is 0 Å². The average Bonchev–Trinajstić information content (AvgIpc) is 2.03. The molecule has 4 heteroatoms. The van der Waals surface area contributed by atoms with Gasteiger partial charge < -0.3 is 9.84 Å². The van der Waals surface area contributed by atoms with E-state index in [1.807, 2.05) is 0 Å². The van der Waals surface area contributed by atoms with Gasteiger partial charge in [-0.1, -0.05) is 0 Å². The number of pyridine rings is 1. The van der Waals surface area contributed by atoms with Gasteiger partial charge in [0.1, 0.15) is 11.3 Å². The maximum Gasteiger partial charge on any atom is 0.225 e. The zero-order valence-electron chi connectivity index (χ0n) is 6.87. The molecule has 64 valence electrons. The van der Waals surface area contributed by atoms with Gasteiger partial charge in [0.25, 0.3) is 0 Å². The summed E-state index contributed by atoms with van der Waals surface area (Å²) in [6.07, 6.45) is 1.38. The van der Waals surface area contributed by atoms with Crippen molar-refractivity contribution in [3.8, 4) is 11.6 Å². The highest BCUT2D eigenvalue weighted by Crippen LogP contribution is 2.24. The second kappa shape index (κ2) is 3.21. The Hall–Kier alpha value is -1.58. The number of Topliss-reactive ketones (excluding diaryl/α,β-unsaturated/α-hetero) is 1. The van der Waals surface area contributed by atoms with E-state index in [1.165, 1.54) is 26.3 Å². The first kappa shape index (κ1) is 8.52. The zero-order chi connectivity index (χ0) is 9.14. The Balaban J connectivity index is 3.29. The monoisotopic (exact) mass is 167 g/mol. The average molecular weight is 167 g/mol. The van der Waals surface area contributed by atoms with E-state index in [0.29, 0.717) is 5.75 Å². The van der Waals surface area contributed by atoms with Crippen LogP contribution in [0.5, 0.6) is 11.6 Å². The third-order valence-corrected chi connectivity index (χ3v) is 1.46. The topological polar surface area (TPSA) is 59.4 Å². The van der Waals surface area contributed by atoms with Gasteiger partial charge in [-0.25, -0.2) is 4.98 Å². The summed E-state index contributed by atoms with van der Waals surface area (Å²) >= 11 is 0. The molecule has 12 heavy (non-hydrogen) atoms. The fourth-order valence-electron chi connectivity index (χ4n) is 0.935. The van der Waals surface area contributed by atoms with Gasteiger partial charge in [0, 0.05) is 6.20 Å². The summed E-state index contributed by atoms with van der Waals surface area (Å²) in [5, 5.41) is 9.18. The molecule has 0 atom stereocenters. The van der Waals surface area contributed by atoms with Crippen LogP contribution in [0.4, 0.5) is 0 Å². The van der Waals surface area contributed by atoms with E-state index in [4.69, 9.17) is 4.74 Å². The van der Waals surface area contributed by atoms with Gasteiger partial charge in [-0.05, 0) is 13.0 Å². The highest BCUT2D eigenvalue weighted by molar-refractivity contribution is 5.98. The van der Waals surface area contributed by atoms with Crippen LogP contribution >= 0.6 is 0 Å². The largest absolute Gasteiger partial charge is 0.496 e. The number of methoxy groups -OCH3 is 1. The second-order valence-electron chi connectivity index (χ2n) is 2.27. The Morgan fingerprint density at radius 1 is 1.67 bits per heavy atom. The van der Waals surface area contributed by atoms with Crippen LogP contribution in [0, 0.1) is 0 Å². The summed E-state index contributed by atoms with van der Waals surface area (Å²) in [6.45, 7) is 1.35. The van der Waals surface area contributed by atoms with Gasteiger partial charge in [0.2, 0.25) is 5.88 Å². The molecule has 0 amide bonds. The van der Waals surface area contributed by atoms with E-state index >= 15 is 0 Å². The molecular weight excluding hydrogens is 158 g/mol. The number of nitrogens with zero attached hydrogens (tertiary/aromatic N) is 1. The highest BCUT2D eigenvalue weighted by atomic mass is 16.5. The molecule has 0 bridgehead atoms. The van der Waals surface area contributed by atoms with Crippen molar-refractivity contribution in [3.05, 3.63) is 17.8 Å². The van der Waals surface area contributed by atoms with Crippen molar-refractivity contribution in [2.45, 2.75) is 6.92 Å². The van der Waals surface area contributed by atoms with Crippen LogP contribution in [0.25, 0.3) is 0 Å². The molecule has 0 radical (unpaired) electrons. The van der Waals surface area contributed by atoms with Gasteiger partial charge in [0.05, 0.1) is 7.11 Å². The molecular formula is C8H9NO3. The SMILES string of the molecule is COc1ccnc(O)c1C(C)=O. The Bertz CT molecular complexity index is 309. The summed E-state index contributed by atoms with van der Waals surface area (Å²) in [7, 11) is 1.43. The van der Waals surface area contributed by atoms with Crippen LogP contribution in [0.15, 0.2) is 12.3 Å². The molecule has 0 aliphatic rings. The summed E-state index contributed by atoms with van der Waals surface area (Å²) in [4.78, 5) is 14.5. The number of hydrogen-bond donors (Lipinski definition) is 1. The molecule has 1 rings (SSSR count). The maximum atomic E-state index is 11.0. The van der Waals surface area contributed by atoms with Crippen LogP contribution in [0.1, 0.15) is 17.3 Å². The fourth-order valence-corrected chi connectivity index (χ4v) is 0.935. The number of ether oxygens (including phenoxy) is 1. The Labute approximate surface area is 69.8 Å². The zero-order valence-corrected chi connectivity index (χ0v) is 6.87. The first-order valence-electron chi connectivity index (χ1n) is 3.39. The van der Waals surface area contributed by atoms with Crippen LogP contribution in [-0.4, -0.2) is 23.0 Å². The van der Waals surface area contributed by atoms with Crippen molar-refractivity contribution >= 4 is 5.78 Å². The fraction of sp³-hybridized carbons (Fsp3) is 0.250. The molecule has 0 aromatic carbocycles. The minimum Gasteiger partial charge on any atom is -0.496 e. The van der Waals surface area contributed by atoms with Crippen molar-refractivity contribution < 1.29 is 14.6 Å². The minimum atomic E-state index is -0.290. The van der Waals surface area contributed by atoms with Crippen molar-refractivity contribution in [2.24, 2.45) is 0 Å². The number of carbonyl (C=O) groups is 1. The predicted molar refractivity (Wildman–Crippen MR) is 42.5 cm³/mol. The Kier molecular flexibility index (Phi) is 2.28. The first-order chi connectivity index (χ1) is 5.66. The highest BCUT2D eigenvalue weighted by Gasteiger charge is 2.13. The van der Waals surface area contributed by atoms with Crippen molar-refractivity contribution in [1.29, 1.82) is 0 Å². The molecule has 1 heterocycles. The molecule has 1 aromatic rings. The molecule has 0 fully saturated rings. The van der Waals surface area contributed by atoms with Crippen molar-refractivity contribution in [3.63, 3.8) is 0 Å². The quantitative estimate of drug-likeness (QED) is 0.667. The summed E-state index contributed by atoms with van der Waals surface area (Å²) < 4.78 is 4.87. The maximum absolute atomic E-state index is 11.0.